The molecular weight excluding hydrogens is 222 g/mol. The number of nitrogens with zero attached hydrogens (tertiary/aromatic N) is 2. The highest BCUT2D eigenvalue weighted by molar-refractivity contribution is 4.97. The van der Waals surface area contributed by atoms with Crippen LogP contribution in [0.1, 0.15) is 39.5 Å². The molecule has 4 aliphatic heterocycles. The smallest absolute Gasteiger partial charge is 0.0256 e. The van der Waals surface area contributed by atoms with Crippen molar-refractivity contribution in [2.45, 2.75) is 57.7 Å². The average molecular weight is 251 g/mol. The van der Waals surface area contributed by atoms with Gasteiger partial charge in [0.1, 0.15) is 0 Å². The topological polar surface area (TPSA) is 18.5 Å². The Morgan fingerprint density at radius 2 is 1.83 bits per heavy atom. The average Bonchev–Trinajstić information content (AvgIpc) is 2.47. The van der Waals surface area contributed by atoms with Crippen LogP contribution in [0.5, 0.6) is 0 Å². The van der Waals surface area contributed by atoms with Crippen LogP contribution >= 0.6 is 0 Å². The molecule has 0 spiro atoms. The van der Waals surface area contributed by atoms with E-state index in [4.69, 9.17) is 0 Å². The standard InChI is InChI=1S/C15H29N3/c1-3-13-10-18(14(4-2)9-16-13)15-11-17-7-5-12(15)6-8-17/h12-16H,3-11H2,1-2H3. The van der Waals surface area contributed by atoms with E-state index in [1.165, 1.54) is 58.4 Å². The fourth-order valence-corrected chi connectivity index (χ4v) is 4.26. The molecule has 104 valence electrons. The van der Waals surface area contributed by atoms with Crippen LogP contribution in [0.4, 0.5) is 0 Å². The fourth-order valence-electron chi connectivity index (χ4n) is 4.26. The van der Waals surface area contributed by atoms with Crippen LogP contribution < -0.4 is 5.32 Å². The second-order valence-corrected chi connectivity index (χ2v) is 6.48. The van der Waals surface area contributed by atoms with Crippen molar-refractivity contribution in [3.63, 3.8) is 0 Å². The van der Waals surface area contributed by atoms with E-state index < -0.39 is 0 Å². The number of hydrogen-bond donors (Lipinski definition) is 1. The van der Waals surface area contributed by atoms with Gasteiger partial charge in [-0.3, -0.25) is 4.90 Å². The number of fused-ring (bicyclic) bond motifs is 3. The molecule has 0 aromatic heterocycles. The quantitative estimate of drug-likeness (QED) is 0.821. The zero-order valence-electron chi connectivity index (χ0n) is 12.1. The molecule has 3 heteroatoms. The lowest BCUT2D eigenvalue weighted by molar-refractivity contribution is -0.0312. The summed E-state index contributed by atoms with van der Waals surface area (Å²) in [6, 6.07) is 2.36. The number of rotatable bonds is 3. The molecule has 4 rings (SSSR count). The van der Waals surface area contributed by atoms with E-state index in [2.05, 4.69) is 29.0 Å². The van der Waals surface area contributed by atoms with Crippen LogP contribution in [-0.4, -0.2) is 60.6 Å². The molecule has 4 heterocycles. The molecule has 4 aliphatic rings. The van der Waals surface area contributed by atoms with Crippen molar-refractivity contribution in [3.05, 3.63) is 0 Å². The van der Waals surface area contributed by atoms with Crippen molar-refractivity contribution in [3.8, 4) is 0 Å². The van der Waals surface area contributed by atoms with Crippen LogP contribution in [0, 0.1) is 5.92 Å². The molecule has 18 heavy (non-hydrogen) atoms. The lowest BCUT2D eigenvalue weighted by atomic mass is 9.81. The van der Waals surface area contributed by atoms with Crippen molar-refractivity contribution in [2.75, 3.05) is 32.7 Å². The predicted molar refractivity (Wildman–Crippen MR) is 75.8 cm³/mol. The third-order valence-electron chi connectivity index (χ3n) is 5.55. The van der Waals surface area contributed by atoms with Gasteiger partial charge in [-0.05, 0) is 44.7 Å². The van der Waals surface area contributed by atoms with Gasteiger partial charge in [0.15, 0.2) is 0 Å². The Kier molecular flexibility index (Phi) is 3.92. The Morgan fingerprint density at radius 1 is 1.06 bits per heavy atom. The van der Waals surface area contributed by atoms with Crippen LogP contribution in [-0.2, 0) is 0 Å². The van der Waals surface area contributed by atoms with Crippen LogP contribution in [0.2, 0.25) is 0 Å². The molecule has 4 fully saturated rings. The predicted octanol–water partition coefficient (Wildman–Crippen LogP) is 1.54. The van der Waals surface area contributed by atoms with Gasteiger partial charge in [0.2, 0.25) is 0 Å². The fraction of sp³-hybridized carbons (Fsp3) is 1.00. The first-order valence-electron chi connectivity index (χ1n) is 8.03. The number of piperidine rings is 3. The minimum atomic E-state index is 0.725. The van der Waals surface area contributed by atoms with E-state index in [1.54, 1.807) is 0 Å². The van der Waals surface area contributed by atoms with Gasteiger partial charge >= 0.3 is 0 Å². The Bertz CT molecular complexity index is 273. The minimum Gasteiger partial charge on any atom is -0.311 e. The number of piperazine rings is 1. The van der Waals surface area contributed by atoms with Crippen molar-refractivity contribution >= 4 is 0 Å². The summed E-state index contributed by atoms with van der Waals surface area (Å²) in [5.41, 5.74) is 0. The summed E-state index contributed by atoms with van der Waals surface area (Å²) in [5, 5.41) is 3.73. The highest BCUT2D eigenvalue weighted by Gasteiger charge is 2.41. The van der Waals surface area contributed by atoms with Gasteiger partial charge < -0.3 is 10.2 Å². The van der Waals surface area contributed by atoms with Crippen LogP contribution in [0.15, 0.2) is 0 Å². The first kappa shape index (κ1) is 12.9. The first-order valence-corrected chi connectivity index (χ1v) is 8.03. The summed E-state index contributed by atoms with van der Waals surface area (Å²) in [6.07, 6.45) is 5.46. The van der Waals surface area contributed by atoms with E-state index >= 15 is 0 Å². The highest BCUT2D eigenvalue weighted by atomic mass is 15.3. The SMILES string of the molecule is CCC1CN(C2CN3CCC2CC3)C(CC)CN1. The van der Waals surface area contributed by atoms with Gasteiger partial charge in [0, 0.05) is 37.8 Å². The number of nitrogens with one attached hydrogen (secondary N) is 1. The normalized spacial score (nSPS) is 45.3. The van der Waals surface area contributed by atoms with Crippen LogP contribution in [0.3, 0.4) is 0 Å². The molecule has 0 radical (unpaired) electrons. The second kappa shape index (κ2) is 5.48. The van der Waals surface area contributed by atoms with Gasteiger partial charge in [-0.2, -0.15) is 0 Å². The molecule has 0 aliphatic carbocycles. The molecule has 0 saturated carbocycles. The molecule has 4 saturated heterocycles. The molecule has 2 bridgehead atoms. The Labute approximate surface area is 112 Å². The Morgan fingerprint density at radius 3 is 2.39 bits per heavy atom. The zero-order valence-corrected chi connectivity index (χ0v) is 12.1. The van der Waals surface area contributed by atoms with E-state index in [9.17, 15) is 0 Å². The molecule has 0 aromatic rings. The molecule has 3 unspecified atom stereocenters. The first-order chi connectivity index (χ1) is 8.81. The third kappa shape index (κ3) is 2.33. The maximum absolute atomic E-state index is 3.73. The monoisotopic (exact) mass is 251 g/mol. The van der Waals surface area contributed by atoms with Crippen molar-refractivity contribution in [1.29, 1.82) is 0 Å². The molecule has 0 aromatic carbocycles. The van der Waals surface area contributed by atoms with Gasteiger partial charge in [-0.1, -0.05) is 13.8 Å². The van der Waals surface area contributed by atoms with Crippen molar-refractivity contribution in [2.24, 2.45) is 5.92 Å². The molecule has 0 amide bonds. The number of hydrogen-bond acceptors (Lipinski definition) is 3. The summed E-state index contributed by atoms with van der Waals surface area (Å²) < 4.78 is 0. The molecule has 3 atom stereocenters. The van der Waals surface area contributed by atoms with Gasteiger partial charge in [0.05, 0.1) is 0 Å². The van der Waals surface area contributed by atoms with Gasteiger partial charge in [0.25, 0.3) is 0 Å². The summed E-state index contributed by atoms with van der Waals surface area (Å²) in [4.78, 5) is 5.57. The highest BCUT2D eigenvalue weighted by Crippen LogP contribution is 2.33. The lowest BCUT2D eigenvalue weighted by Gasteiger charge is -2.53. The van der Waals surface area contributed by atoms with Gasteiger partial charge in [-0.15, -0.1) is 0 Å². The van der Waals surface area contributed by atoms with Crippen molar-refractivity contribution in [1.82, 2.24) is 15.1 Å². The molecule has 3 nitrogen and oxygen atoms in total. The molecule has 1 N–H and O–H groups in total. The Hall–Kier alpha value is -0.120. The maximum Gasteiger partial charge on any atom is 0.0256 e. The van der Waals surface area contributed by atoms with Crippen molar-refractivity contribution < 1.29 is 0 Å². The third-order valence-corrected chi connectivity index (χ3v) is 5.55. The van der Waals surface area contributed by atoms with E-state index in [-0.39, 0.29) is 0 Å². The molecular formula is C15H29N3. The van der Waals surface area contributed by atoms with Gasteiger partial charge in [-0.25, -0.2) is 0 Å². The van der Waals surface area contributed by atoms with Crippen LogP contribution in [0.25, 0.3) is 0 Å². The van der Waals surface area contributed by atoms with E-state index in [0.717, 1.165) is 24.0 Å². The minimum absolute atomic E-state index is 0.725. The summed E-state index contributed by atoms with van der Waals surface area (Å²) in [5.74, 6) is 0.986. The van der Waals surface area contributed by atoms with E-state index in [1.807, 2.05) is 0 Å². The lowest BCUT2D eigenvalue weighted by Crippen LogP contribution is -2.65. The Balaban J connectivity index is 1.71. The summed E-state index contributed by atoms with van der Waals surface area (Å²) >= 11 is 0. The van der Waals surface area contributed by atoms with E-state index in [0.29, 0.717) is 0 Å². The summed E-state index contributed by atoms with van der Waals surface area (Å²) in [6.45, 7) is 11.2. The summed E-state index contributed by atoms with van der Waals surface area (Å²) in [7, 11) is 0. The second-order valence-electron chi connectivity index (χ2n) is 6.48. The maximum atomic E-state index is 3.73. The largest absolute Gasteiger partial charge is 0.311 e. The zero-order chi connectivity index (χ0) is 12.5.